The smallest absolute Gasteiger partial charge is 0.241 e. The molecule has 8 nitrogen and oxygen atoms in total. The van der Waals surface area contributed by atoms with Crippen molar-refractivity contribution in [3.8, 4) is 0 Å². The molecule has 2 N–H and O–H groups in total. The largest absolute Gasteiger partial charge is 0.349 e. The van der Waals surface area contributed by atoms with Crippen LogP contribution in [-0.2, 0) is 24.0 Å². The Morgan fingerprint density at radius 1 is 0.760 bits per heavy atom. The topological polar surface area (TPSA) is 113 Å². The van der Waals surface area contributed by atoms with Crippen LogP contribution in [-0.4, -0.2) is 60.4 Å². The normalized spacial score (nSPS) is 13.4. The number of hydrogen-bond donors (Lipinski definition) is 2. The molecule has 1 fully saturated rings. The maximum Gasteiger partial charge on any atom is 0.241 e. The summed E-state index contributed by atoms with van der Waals surface area (Å²) in [5, 5.41) is 4.95. The average molecular weight is 353 g/mol. The molecule has 1 aliphatic heterocycles. The van der Waals surface area contributed by atoms with Crippen molar-refractivity contribution >= 4 is 29.3 Å². The number of Topliss-reactive ketones (excluding diaryl/α,β-unsaturated/α-hetero) is 2. The lowest BCUT2D eigenvalue weighted by Crippen LogP contribution is -2.38. The predicted octanol–water partition coefficient (Wildman–Crippen LogP) is -0.0502. The van der Waals surface area contributed by atoms with Gasteiger partial charge in [0.2, 0.25) is 17.7 Å². The van der Waals surface area contributed by atoms with Crippen molar-refractivity contribution in [3.05, 3.63) is 0 Å². The van der Waals surface area contributed by atoms with Crippen LogP contribution in [0.2, 0.25) is 0 Å². The Kier molecular flexibility index (Phi) is 9.42. The van der Waals surface area contributed by atoms with Crippen LogP contribution in [0.3, 0.4) is 0 Å². The van der Waals surface area contributed by atoms with Gasteiger partial charge < -0.3 is 15.5 Å². The van der Waals surface area contributed by atoms with E-state index in [4.69, 9.17) is 0 Å². The minimum absolute atomic E-state index is 0.00150. The molecule has 1 aliphatic rings. The second-order valence-electron chi connectivity index (χ2n) is 6.07. The highest BCUT2D eigenvalue weighted by molar-refractivity contribution is 5.91. The van der Waals surface area contributed by atoms with Crippen molar-refractivity contribution in [1.29, 1.82) is 0 Å². The SMILES string of the molecule is CCC(=O)CCC(=O)NCC(=O)CCC(=O)NCC(=O)N1CCCC1. The summed E-state index contributed by atoms with van der Waals surface area (Å²) in [6.45, 7) is 3.00. The Morgan fingerprint density at radius 2 is 1.28 bits per heavy atom. The molecule has 0 saturated carbocycles. The van der Waals surface area contributed by atoms with E-state index < -0.39 is 0 Å². The molecule has 0 spiro atoms. The maximum atomic E-state index is 11.8. The molecule has 8 heteroatoms. The monoisotopic (exact) mass is 353 g/mol. The molecule has 140 valence electrons. The van der Waals surface area contributed by atoms with Crippen LogP contribution in [0, 0.1) is 0 Å². The number of carbonyl (C=O) groups is 5. The Bertz CT molecular complexity index is 512. The Balaban J connectivity index is 2.10. The van der Waals surface area contributed by atoms with E-state index in [2.05, 4.69) is 10.6 Å². The number of rotatable bonds is 11. The van der Waals surface area contributed by atoms with Crippen LogP contribution in [0.4, 0.5) is 0 Å². The van der Waals surface area contributed by atoms with Gasteiger partial charge in [-0.15, -0.1) is 0 Å². The molecule has 0 aromatic rings. The lowest BCUT2D eigenvalue weighted by molar-refractivity contribution is -0.132. The van der Waals surface area contributed by atoms with Gasteiger partial charge in [-0.25, -0.2) is 0 Å². The van der Waals surface area contributed by atoms with E-state index in [0.717, 1.165) is 25.9 Å². The zero-order chi connectivity index (χ0) is 18.7. The van der Waals surface area contributed by atoms with Crippen molar-refractivity contribution in [2.24, 2.45) is 0 Å². The molecule has 0 unspecified atom stereocenters. The fraction of sp³-hybridized carbons (Fsp3) is 0.706. The molecule has 0 aromatic heterocycles. The summed E-state index contributed by atoms with van der Waals surface area (Å²) in [7, 11) is 0. The zero-order valence-corrected chi connectivity index (χ0v) is 14.8. The maximum absolute atomic E-state index is 11.8. The fourth-order valence-electron chi connectivity index (χ4n) is 2.40. The van der Waals surface area contributed by atoms with Gasteiger partial charge in [-0.3, -0.25) is 24.0 Å². The minimum atomic E-state index is -0.360. The van der Waals surface area contributed by atoms with E-state index in [-0.39, 0.29) is 68.1 Å². The molecule has 0 atom stereocenters. The first-order valence-corrected chi connectivity index (χ1v) is 8.77. The number of carbonyl (C=O) groups excluding carboxylic acids is 5. The molecule has 0 bridgehead atoms. The van der Waals surface area contributed by atoms with Crippen molar-refractivity contribution in [2.75, 3.05) is 26.2 Å². The van der Waals surface area contributed by atoms with E-state index in [1.54, 1.807) is 11.8 Å². The first-order chi connectivity index (χ1) is 11.9. The Hall–Kier alpha value is -2.25. The molecule has 1 saturated heterocycles. The predicted molar refractivity (Wildman–Crippen MR) is 90.6 cm³/mol. The number of ketones is 2. The van der Waals surface area contributed by atoms with Crippen LogP contribution in [0.1, 0.15) is 51.9 Å². The number of nitrogens with zero attached hydrogens (tertiary/aromatic N) is 1. The molecular weight excluding hydrogens is 326 g/mol. The second-order valence-corrected chi connectivity index (χ2v) is 6.07. The van der Waals surface area contributed by atoms with Gasteiger partial charge in [0.05, 0.1) is 13.1 Å². The van der Waals surface area contributed by atoms with E-state index in [9.17, 15) is 24.0 Å². The van der Waals surface area contributed by atoms with Crippen LogP contribution in [0.5, 0.6) is 0 Å². The van der Waals surface area contributed by atoms with Crippen LogP contribution in [0.15, 0.2) is 0 Å². The third-order valence-corrected chi connectivity index (χ3v) is 4.03. The zero-order valence-electron chi connectivity index (χ0n) is 14.8. The summed E-state index contributed by atoms with van der Waals surface area (Å²) < 4.78 is 0. The fourth-order valence-corrected chi connectivity index (χ4v) is 2.40. The van der Waals surface area contributed by atoms with E-state index in [1.807, 2.05) is 0 Å². The van der Waals surface area contributed by atoms with Gasteiger partial charge in [0.25, 0.3) is 0 Å². The van der Waals surface area contributed by atoms with Crippen molar-refractivity contribution in [1.82, 2.24) is 15.5 Å². The van der Waals surface area contributed by atoms with Gasteiger partial charge in [-0.2, -0.15) is 0 Å². The standard InChI is InChI=1S/C17H27N3O5/c1-2-13(21)5-7-15(23)18-11-14(22)6-8-16(24)19-12-17(25)20-9-3-4-10-20/h2-12H2,1H3,(H,18,23)(H,19,24). The Morgan fingerprint density at radius 3 is 1.84 bits per heavy atom. The summed E-state index contributed by atoms with van der Waals surface area (Å²) in [4.78, 5) is 59.4. The second kappa shape index (κ2) is 11.3. The van der Waals surface area contributed by atoms with Crippen LogP contribution in [0.25, 0.3) is 0 Å². The van der Waals surface area contributed by atoms with E-state index in [0.29, 0.717) is 6.42 Å². The van der Waals surface area contributed by atoms with Crippen LogP contribution >= 0.6 is 0 Å². The van der Waals surface area contributed by atoms with Gasteiger partial charge in [0.1, 0.15) is 5.78 Å². The van der Waals surface area contributed by atoms with Gasteiger partial charge >= 0.3 is 0 Å². The summed E-state index contributed by atoms with van der Waals surface area (Å²) in [6.07, 6.45) is 2.60. The minimum Gasteiger partial charge on any atom is -0.349 e. The number of nitrogens with one attached hydrogen (secondary N) is 2. The number of amides is 3. The van der Waals surface area contributed by atoms with Crippen molar-refractivity contribution < 1.29 is 24.0 Å². The molecule has 0 aliphatic carbocycles. The third kappa shape index (κ3) is 8.97. The quantitative estimate of drug-likeness (QED) is 0.541. The lowest BCUT2D eigenvalue weighted by Gasteiger charge is -2.15. The molecule has 1 rings (SSSR count). The first kappa shape index (κ1) is 20.8. The molecule has 1 heterocycles. The van der Waals surface area contributed by atoms with Gasteiger partial charge in [0, 0.05) is 45.2 Å². The Labute approximate surface area is 147 Å². The van der Waals surface area contributed by atoms with E-state index >= 15 is 0 Å². The van der Waals surface area contributed by atoms with Gasteiger partial charge in [0.15, 0.2) is 5.78 Å². The molecule has 25 heavy (non-hydrogen) atoms. The molecule has 0 aromatic carbocycles. The summed E-state index contributed by atoms with van der Waals surface area (Å²) >= 11 is 0. The highest BCUT2D eigenvalue weighted by Crippen LogP contribution is 2.06. The third-order valence-electron chi connectivity index (χ3n) is 4.03. The number of likely N-dealkylation sites (tertiary alicyclic amines) is 1. The summed E-state index contributed by atoms with van der Waals surface area (Å²) in [6, 6.07) is 0. The van der Waals surface area contributed by atoms with Gasteiger partial charge in [-0.1, -0.05) is 6.92 Å². The summed E-state index contributed by atoms with van der Waals surface area (Å²) in [5.74, 6) is -1.08. The molecular formula is C17H27N3O5. The highest BCUT2D eigenvalue weighted by Gasteiger charge is 2.18. The highest BCUT2D eigenvalue weighted by atomic mass is 16.2. The molecule has 3 amide bonds. The average Bonchev–Trinajstić information content (AvgIpc) is 3.15. The summed E-state index contributed by atoms with van der Waals surface area (Å²) in [5.41, 5.74) is 0. The first-order valence-electron chi connectivity index (χ1n) is 8.77. The molecule has 0 radical (unpaired) electrons. The lowest BCUT2D eigenvalue weighted by atomic mass is 10.1. The number of hydrogen-bond acceptors (Lipinski definition) is 5. The van der Waals surface area contributed by atoms with Crippen molar-refractivity contribution in [2.45, 2.75) is 51.9 Å². The van der Waals surface area contributed by atoms with Crippen molar-refractivity contribution in [3.63, 3.8) is 0 Å². The van der Waals surface area contributed by atoms with Crippen LogP contribution < -0.4 is 10.6 Å². The van der Waals surface area contributed by atoms with E-state index in [1.165, 1.54) is 0 Å². The van der Waals surface area contributed by atoms with Gasteiger partial charge in [-0.05, 0) is 12.8 Å².